The molecule has 2 rings (SSSR count). The van der Waals surface area contributed by atoms with Crippen molar-refractivity contribution in [3.8, 4) is 5.75 Å². The Morgan fingerprint density at radius 1 is 1.15 bits per heavy atom. The maximum absolute atomic E-state index is 12.3. The number of nitrogens with two attached hydrogens (primary N) is 1. The molecular weight excluding hydrogens is 281 g/mol. The zero-order chi connectivity index (χ0) is 14.8. The van der Waals surface area contributed by atoms with Crippen molar-refractivity contribution in [2.45, 2.75) is 0 Å². The van der Waals surface area contributed by atoms with Crippen LogP contribution in [0.5, 0.6) is 5.75 Å². The normalized spacial score (nSPS) is 9.35. The largest absolute Gasteiger partial charge is 0.492 e. The number of ether oxygens (including phenoxy) is 1. The molecule has 2 aromatic carbocycles. The molecular formula is C15H15ClFNO2. The van der Waals surface area contributed by atoms with Crippen LogP contribution in [0, 0.1) is 5.82 Å². The van der Waals surface area contributed by atoms with Gasteiger partial charge in [-0.3, -0.25) is 4.79 Å². The van der Waals surface area contributed by atoms with Gasteiger partial charge in [0.2, 0.25) is 0 Å². The number of hydrogen-bond donors (Lipinski definition) is 1. The van der Waals surface area contributed by atoms with E-state index in [2.05, 4.69) is 0 Å². The van der Waals surface area contributed by atoms with Gasteiger partial charge in [0.25, 0.3) is 5.24 Å². The van der Waals surface area contributed by atoms with Crippen LogP contribution in [0.4, 0.5) is 4.39 Å². The van der Waals surface area contributed by atoms with Crippen LogP contribution in [0.3, 0.4) is 0 Å². The molecule has 2 N–H and O–H groups in total. The lowest BCUT2D eigenvalue weighted by Gasteiger charge is -2.01. The molecule has 0 atom stereocenters. The highest BCUT2D eigenvalue weighted by Gasteiger charge is 2.00. The molecule has 0 saturated heterocycles. The van der Waals surface area contributed by atoms with E-state index in [1.807, 2.05) is 30.3 Å². The summed E-state index contributed by atoms with van der Waals surface area (Å²) in [5.41, 5.74) is 5.43. The molecule has 106 valence electrons. The van der Waals surface area contributed by atoms with Crippen molar-refractivity contribution in [2.24, 2.45) is 5.73 Å². The number of halogens is 2. The Morgan fingerprint density at radius 3 is 2.35 bits per heavy atom. The minimum atomic E-state index is -0.639. The maximum atomic E-state index is 12.3. The maximum Gasteiger partial charge on any atom is 0.252 e. The van der Waals surface area contributed by atoms with Gasteiger partial charge in [0.1, 0.15) is 18.2 Å². The van der Waals surface area contributed by atoms with Crippen LogP contribution in [0.1, 0.15) is 10.4 Å². The van der Waals surface area contributed by atoms with E-state index in [9.17, 15) is 9.18 Å². The first-order valence-electron chi connectivity index (χ1n) is 5.97. The van der Waals surface area contributed by atoms with Gasteiger partial charge in [0.05, 0.1) is 0 Å². The van der Waals surface area contributed by atoms with Crippen molar-refractivity contribution in [1.82, 2.24) is 0 Å². The van der Waals surface area contributed by atoms with Crippen LogP contribution in [0.15, 0.2) is 54.6 Å². The first kappa shape index (κ1) is 16.1. The molecule has 5 heteroatoms. The molecule has 0 unspecified atom stereocenters. The summed E-state index contributed by atoms with van der Waals surface area (Å²) >= 11 is 5.07. The second kappa shape index (κ2) is 9.07. The fourth-order valence-electron chi connectivity index (χ4n) is 1.30. The van der Waals surface area contributed by atoms with Crippen LogP contribution < -0.4 is 10.5 Å². The van der Waals surface area contributed by atoms with Gasteiger partial charge in [-0.2, -0.15) is 0 Å². The van der Waals surface area contributed by atoms with Crippen molar-refractivity contribution in [1.29, 1.82) is 0 Å². The smallest absolute Gasteiger partial charge is 0.252 e. The molecule has 0 aromatic heterocycles. The molecule has 0 heterocycles. The van der Waals surface area contributed by atoms with E-state index in [1.54, 1.807) is 0 Å². The molecule has 0 spiro atoms. The summed E-state index contributed by atoms with van der Waals surface area (Å²) in [6.45, 7) is 1.15. The van der Waals surface area contributed by atoms with Gasteiger partial charge < -0.3 is 10.5 Å². The monoisotopic (exact) mass is 295 g/mol. The summed E-state index contributed by atoms with van der Waals surface area (Å²) in [6.07, 6.45) is 0. The topological polar surface area (TPSA) is 52.3 Å². The molecule has 0 radical (unpaired) electrons. The van der Waals surface area contributed by atoms with Crippen molar-refractivity contribution >= 4 is 16.8 Å². The van der Waals surface area contributed by atoms with E-state index in [0.29, 0.717) is 13.2 Å². The SMILES string of the molecule is NCCOc1ccccc1.O=C(Cl)c1cccc(F)c1. The Hall–Kier alpha value is -1.91. The molecule has 20 heavy (non-hydrogen) atoms. The molecule has 0 aliphatic heterocycles. The first-order valence-corrected chi connectivity index (χ1v) is 6.34. The third-order valence-corrected chi connectivity index (χ3v) is 2.40. The average molecular weight is 296 g/mol. The fourth-order valence-corrected chi connectivity index (χ4v) is 1.42. The van der Waals surface area contributed by atoms with E-state index in [1.165, 1.54) is 18.2 Å². The highest BCUT2D eigenvalue weighted by atomic mass is 35.5. The van der Waals surface area contributed by atoms with Gasteiger partial charge in [-0.05, 0) is 41.9 Å². The lowest BCUT2D eigenvalue weighted by atomic mass is 10.2. The van der Waals surface area contributed by atoms with Gasteiger partial charge in [-0.25, -0.2) is 4.39 Å². The number of benzene rings is 2. The molecule has 0 bridgehead atoms. The molecule has 3 nitrogen and oxygen atoms in total. The zero-order valence-electron chi connectivity index (χ0n) is 10.8. The van der Waals surface area contributed by atoms with Crippen LogP contribution in [0.2, 0.25) is 0 Å². The highest BCUT2D eigenvalue weighted by molar-refractivity contribution is 6.67. The summed E-state index contributed by atoms with van der Waals surface area (Å²) in [5.74, 6) is 0.430. The molecule has 0 aliphatic rings. The van der Waals surface area contributed by atoms with Crippen molar-refractivity contribution in [3.63, 3.8) is 0 Å². The Kier molecular flexibility index (Phi) is 7.32. The summed E-state index contributed by atoms with van der Waals surface area (Å²) in [4.78, 5) is 10.4. The van der Waals surface area contributed by atoms with E-state index in [4.69, 9.17) is 22.1 Å². The van der Waals surface area contributed by atoms with Crippen LogP contribution in [-0.2, 0) is 0 Å². The summed E-state index contributed by atoms with van der Waals surface area (Å²) in [7, 11) is 0. The van der Waals surface area contributed by atoms with Gasteiger partial charge in [-0.15, -0.1) is 0 Å². The predicted molar refractivity (Wildman–Crippen MR) is 77.6 cm³/mol. The predicted octanol–water partition coefficient (Wildman–Crippen LogP) is 3.23. The number of para-hydroxylation sites is 1. The van der Waals surface area contributed by atoms with Gasteiger partial charge >= 0.3 is 0 Å². The number of hydrogen-bond acceptors (Lipinski definition) is 3. The highest BCUT2D eigenvalue weighted by Crippen LogP contribution is 2.07. The quantitative estimate of drug-likeness (QED) is 0.881. The van der Waals surface area contributed by atoms with E-state index < -0.39 is 11.1 Å². The van der Waals surface area contributed by atoms with E-state index in [0.717, 1.165) is 11.8 Å². The minimum Gasteiger partial charge on any atom is -0.492 e. The van der Waals surface area contributed by atoms with Gasteiger partial charge in [0, 0.05) is 12.1 Å². The molecule has 0 fully saturated rings. The molecule has 0 aliphatic carbocycles. The standard InChI is InChI=1S/C8H11NO.C7H4ClFO/c9-6-7-10-8-4-2-1-3-5-8;8-7(10)5-2-1-3-6(9)4-5/h1-5H,6-7,9H2;1-4H. The fraction of sp³-hybridized carbons (Fsp3) is 0.133. The molecule has 2 aromatic rings. The van der Waals surface area contributed by atoms with Crippen LogP contribution >= 0.6 is 11.6 Å². The van der Waals surface area contributed by atoms with Crippen molar-refractivity contribution < 1.29 is 13.9 Å². The Labute approximate surface area is 122 Å². The van der Waals surface area contributed by atoms with E-state index >= 15 is 0 Å². The van der Waals surface area contributed by atoms with Crippen molar-refractivity contribution in [2.75, 3.05) is 13.2 Å². The number of carbonyl (C=O) groups excluding carboxylic acids is 1. The Bertz CT molecular complexity index is 534. The van der Waals surface area contributed by atoms with Crippen molar-refractivity contribution in [3.05, 3.63) is 66.0 Å². The van der Waals surface area contributed by atoms with Crippen LogP contribution in [0.25, 0.3) is 0 Å². The zero-order valence-corrected chi connectivity index (χ0v) is 11.5. The lowest BCUT2D eigenvalue weighted by molar-refractivity contribution is 0.108. The second-order valence-corrected chi connectivity index (χ2v) is 4.08. The first-order chi connectivity index (χ1) is 9.63. The lowest BCUT2D eigenvalue weighted by Crippen LogP contribution is -2.10. The molecule has 0 saturated carbocycles. The third kappa shape index (κ3) is 6.31. The Balaban J connectivity index is 0.000000200. The van der Waals surface area contributed by atoms with Gasteiger partial charge in [-0.1, -0.05) is 24.3 Å². The van der Waals surface area contributed by atoms with Crippen LogP contribution in [-0.4, -0.2) is 18.4 Å². The second-order valence-electron chi connectivity index (χ2n) is 3.73. The summed E-state index contributed by atoms with van der Waals surface area (Å²) in [5, 5.41) is -0.639. The van der Waals surface area contributed by atoms with Gasteiger partial charge in [0.15, 0.2) is 0 Å². The minimum absolute atomic E-state index is 0.182. The summed E-state index contributed by atoms with van der Waals surface area (Å²) < 4.78 is 17.5. The molecule has 0 amide bonds. The third-order valence-electron chi connectivity index (χ3n) is 2.18. The Morgan fingerprint density at radius 2 is 1.85 bits per heavy atom. The number of carbonyl (C=O) groups is 1. The summed E-state index contributed by atoms with van der Waals surface area (Å²) in [6, 6.07) is 14.9. The number of rotatable bonds is 4. The van der Waals surface area contributed by atoms with E-state index in [-0.39, 0.29) is 5.56 Å². The average Bonchev–Trinajstić information content (AvgIpc) is 2.47.